The number of hydrogen-bond acceptors (Lipinski definition) is 3. The lowest BCUT2D eigenvalue weighted by atomic mass is 9.80. The summed E-state index contributed by atoms with van der Waals surface area (Å²) in [6.07, 6.45) is 2.30. The third-order valence-corrected chi connectivity index (χ3v) is 7.43. The molecule has 0 unspecified atom stereocenters. The fourth-order valence-electron chi connectivity index (χ4n) is 5.80. The number of rotatable bonds is 4. The number of carboxylic acid groups (broad SMARTS) is 1. The van der Waals surface area contributed by atoms with Gasteiger partial charge < -0.3 is 19.5 Å². The van der Waals surface area contributed by atoms with E-state index in [1.165, 1.54) is 0 Å². The Balaban J connectivity index is 1.75. The summed E-state index contributed by atoms with van der Waals surface area (Å²) >= 11 is 0. The molecule has 0 saturated heterocycles. The van der Waals surface area contributed by atoms with Crippen LogP contribution < -0.4 is 0 Å². The van der Waals surface area contributed by atoms with Crippen molar-refractivity contribution in [2.75, 3.05) is 27.2 Å². The predicted molar refractivity (Wildman–Crippen MR) is 134 cm³/mol. The Morgan fingerprint density at radius 3 is 2.60 bits per heavy atom. The molecule has 2 heterocycles. The summed E-state index contributed by atoms with van der Waals surface area (Å²) in [5.74, 6) is -1.16. The van der Waals surface area contributed by atoms with E-state index in [0.29, 0.717) is 32.6 Å². The maximum Gasteiger partial charge on any atom is 0.335 e. The van der Waals surface area contributed by atoms with Gasteiger partial charge in [0.2, 0.25) is 5.91 Å². The van der Waals surface area contributed by atoms with Crippen LogP contribution in [-0.4, -0.2) is 64.7 Å². The van der Waals surface area contributed by atoms with Gasteiger partial charge in [0.1, 0.15) is 6.17 Å². The van der Waals surface area contributed by atoms with E-state index >= 15 is 4.39 Å². The molecule has 5 rings (SSSR count). The molecule has 2 aliphatic rings. The second kappa shape index (κ2) is 9.46. The third kappa shape index (κ3) is 4.33. The molecule has 184 valence electrons. The molecule has 0 spiro atoms. The van der Waals surface area contributed by atoms with Gasteiger partial charge >= 0.3 is 5.97 Å². The smallest absolute Gasteiger partial charge is 0.335 e. The van der Waals surface area contributed by atoms with E-state index in [4.69, 9.17) is 0 Å². The zero-order valence-electron chi connectivity index (χ0n) is 20.3. The van der Waals surface area contributed by atoms with Crippen molar-refractivity contribution in [2.24, 2.45) is 0 Å². The zero-order chi connectivity index (χ0) is 24.7. The fraction of sp³-hybridized carbons (Fsp3) is 0.429. The number of aromatic carboxylic acids is 1. The molecule has 2 atom stereocenters. The molecular weight excluding hydrogens is 445 g/mol. The Morgan fingerprint density at radius 2 is 1.86 bits per heavy atom. The topological polar surface area (TPSA) is 65.8 Å². The number of amides is 1. The van der Waals surface area contributed by atoms with E-state index in [0.717, 1.165) is 52.5 Å². The molecule has 1 saturated carbocycles. The van der Waals surface area contributed by atoms with Gasteiger partial charge in [-0.2, -0.15) is 0 Å². The quantitative estimate of drug-likeness (QED) is 0.580. The highest BCUT2D eigenvalue weighted by atomic mass is 19.1. The van der Waals surface area contributed by atoms with Gasteiger partial charge in [0.05, 0.1) is 17.8 Å². The number of alkyl halides is 1. The first-order valence-electron chi connectivity index (χ1n) is 12.4. The van der Waals surface area contributed by atoms with Crippen molar-refractivity contribution < 1.29 is 19.1 Å². The summed E-state index contributed by atoms with van der Waals surface area (Å²) in [6, 6.07) is 13.2. The minimum absolute atomic E-state index is 0.0484. The van der Waals surface area contributed by atoms with Crippen LogP contribution in [-0.2, 0) is 17.9 Å². The zero-order valence-corrected chi connectivity index (χ0v) is 20.3. The van der Waals surface area contributed by atoms with Crippen molar-refractivity contribution in [3.63, 3.8) is 0 Å². The van der Waals surface area contributed by atoms with Gasteiger partial charge in [-0.05, 0) is 50.2 Å². The molecule has 1 fully saturated rings. The van der Waals surface area contributed by atoms with Crippen molar-refractivity contribution >= 4 is 22.8 Å². The summed E-state index contributed by atoms with van der Waals surface area (Å²) in [4.78, 5) is 28.6. The van der Waals surface area contributed by atoms with E-state index in [2.05, 4.69) is 10.6 Å². The number of halogens is 1. The molecule has 3 aromatic rings. The van der Waals surface area contributed by atoms with E-state index in [9.17, 15) is 14.7 Å². The molecule has 35 heavy (non-hydrogen) atoms. The van der Waals surface area contributed by atoms with Gasteiger partial charge in [-0.25, -0.2) is 9.18 Å². The lowest BCUT2D eigenvalue weighted by Crippen LogP contribution is -2.40. The molecule has 7 heteroatoms. The Bertz CT molecular complexity index is 1280. The number of carboxylic acids is 1. The van der Waals surface area contributed by atoms with Crippen LogP contribution in [0.15, 0.2) is 42.5 Å². The summed E-state index contributed by atoms with van der Waals surface area (Å²) in [5.41, 5.74) is 4.99. The van der Waals surface area contributed by atoms with Crippen LogP contribution in [0.5, 0.6) is 0 Å². The number of nitrogens with zero attached hydrogens (tertiary/aromatic N) is 3. The first-order chi connectivity index (χ1) is 16.8. The van der Waals surface area contributed by atoms with E-state index in [-0.39, 0.29) is 17.4 Å². The molecule has 6 nitrogen and oxygen atoms in total. The normalized spacial score (nSPS) is 20.3. The first-order valence-corrected chi connectivity index (χ1v) is 12.4. The Kier molecular flexibility index (Phi) is 6.36. The van der Waals surface area contributed by atoms with Crippen molar-refractivity contribution in [3.8, 4) is 11.3 Å². The van der Waals surface area contributed by atoms with E-state index < -0.39 is 12.1 Å². The van der Waals surface area contributed by atoms with Crippen LogP contribution in [0.4, 0.5) is 4.39 Å². The molecule has 1 aliphatic heterocycles. The number of carbonyl (C=O) groups excluding carboxylic acids is 1. The maximum absolute atomic E-state index is 15.4. The summed E-state index contributed by atoms with van der Waals surface area (Å²) < 4.78 is 17.5. The summed E-state index contributed by atoms with van der Waals surface area (Å²) in [6.45, 7) is 1.83. The molecule has 1 aromatic heterocycles. The molecule has 1 aliphatic carbocycles. The highest BCUT2D eigenvalue weighted by Gasteiger charge is 2.34. The standard InChI is InChI=1S/C28H32FN3O3/c1-30(2)17-25(33)31-13-14-32-24-15-18(28(34)35)11-12-22(24)26(21-9-5-6-10-23(21)29)27(32)20-8-4-3-7-19(20)16-31/h3-4,7-8,11-12,15,21,23H,5-6,9-10,13-14,16-17H2,1-2H3,(H,34,35)/t21-,23-/m1/s1. The largest absolute Gasteiger partial charge is 0.478 e. The highest BCUT2D eigenvalue weighted by Crippen LogP contribution is 2.46. The molecule has 2 aromatic carbocycles. The van der Waals surface area contributed by atoms with Crippen LogP contribution in [0.25, 0.3) is 22.2 Å². The van der Waals surface area contributed by atoms with Gasteiger partial charge in [-0.3, -0.25) is 4.79 Å². The summed E-state index contributed by atoms with van der Waals surface area (Å²) in [7, 11) is 3.76. The monoisotopic (exact) mass is 477 g/mol. The van der Waals surface area contributed by atoms with Gasteiger partial charge in [0, 0.05) is 42.0 Å². The van der Waals surface area contributed by atoms with Gasteiger partial charge in [-0.1, -0.05) is 43.2 Å². The number of aromatic nitrogens is 1. The van der Waals surface area contributed by atoms with Crippen molar-refractivity contribution in [1.29, 1.82) is 0 Å². The van der Waals surface area contributed by atoms with Crippen LogP contribution in [0.3, 0.4) is 0 Å². The average Bonchev–Trinajstić information content (AvgIpc) is 3.12. The van der Waals surface area contributed by atoms with Crippen LogP contribution in [0.1, 0.15) is 53.1 Å². The first kappa shape index (κ1) is 23.5. The predicted octanol–water partition coefficient (Wildman–Crippen LogP) is 4.91. The average molecular weight is 478 g/mol. The van der Waals surface area contributed by atoms with Crippen LogP contribution in [0.2, 0.25) is 0 Å². The number of carbonyl (C=O) groups is 2. The van der Waals surface area contributed by atoms with Gasteiger partial charge in [0.15, 0.2) is 0 Å². The molecule has 0 radical (unpaired) electrons. The maximum atomic E-state index is 15.4. The van der Waals surface area contributed by atoms with Crippen molar-refractivity contribution in [2.45, 2.75) is 50.9 Å². The Morgan fingerprint density at radius 1 is 1.09 bits per heavy atom. The number of likely N-dealkylation sites (N-methyl/N-ethyl adjacent to an activating group) is 1. The molecule has 0 bridgehead atoms. The lowest BCUT2D eigenvalue weighted by molar-refractivity contribution is -0.132. The molecular formula is C28H32FN3O3. The number of benzene rings is 2. The number of hydrogen-bond donors (Lipinski definition) is 1. The highest BCUT2D eigenvalue weighted by molar-refractivity contribution is 5.98. The van der Waals surface area contributed by atoms with E-state index in [1.807, 2.05) is 48.2 Å². The van der Waals surface area contributed by atoms with Crippen LogP contribution in [0, 0.1) is 0 Å². The SMILES string of the molecule is CN(C)CC(=O)N1CCn2c(c([C@@H]3CCCC[C@H]3F)c3ccc(C(=O)O)cc32)-c2ccccc2C1. The Labute approximate surface area is 204 Å². The Hall–Kier alpha value is -3.19. The van der Waals surface area contributed by atoms with Gasteiger partial charge in [0.25, 0.3) is 0 Å². The summed E-state index contributed by atoms with van der Waals surface area (Å²) in [5, 5.41) is 10.6. The van der Waals surface area contributed by atoms with Gasteiger partial charge in [-0.15, -0.1) is 0 Å². The molecule has 1 N–H and O–H groups in total. The lowest BCUT2D eigenvalue weighted by Gasteiger charge is -2.31. The van der Waals surface area contributed by atoms with E-state index in [1.54, 1.807) is 12.1 Å². The number of fused-ring (bicyclic) bond motifs is 5. The fourth-order valence-corrected chi connectivity index (χ4v) is 5.80. The minimum atomic E-state index is -0.987. The minimum Gasteiger partial charge on any atom is -0.478 e. The second-order valence-electron chi connectivity index (χ2n) is 10.1. The van der Waals surface area contributed by atoms with Crippen molar-refractivity contribution in [1.82, 2.24) is 14.4 Å². The second-order valence-corrected chi connectivity index (χ2v) is 10.1. The third-order valence-electron chi connectivity index (χ3n) is 7.43. The van der Waals surface area contributed by atoms with Crippen LogP contribution >= 0.6 is 0 Å². The van der Waals surface area contributed by atoms with Crippen molar-refractivity contribution in [3.05, 3.63) is 59.2 Å². The molecule has 1 amide bonds.